The first-order chi connectivity index (χ1) is 6.33. The van der Waals surface area contributed by atoms with Crippen molar-refractivity contribution in [3.05, 3.63) is 0 Å². The first-order valence-electron chi connectivity index (χ1n) is 4.94. The highest BCUT2D eigenvalue weighted by Gasteiger charge is 2.14. The van der Waals surface area contributed by atoms with E-state index in [1.807, 2.05) is 0 Å². The molecule has 2 N–H and O–H groups in total. The molecule has 0 aromatic rings. The van der Waals surface area contributed by atoms with Gasteiger partial charge >= 0.3 is 0 Å². The lowest BCUT2D eigenvalue weighted by Gasteiger charge is -2.11. The fraction of sp³-hybridized carbons (Fsp3) is 1.00. The molecule has 0 aromatic carbocycles. The Labute approximate surface area is 83.5 Å². The van der Waals surface area contributed by atoms with E-state index in [1.165, 1.54) is 25.7 Å². The van der Waals surface area contributed by atoms with Crippen molar-refractivity contribution < 1.29 is 8.94 Å². The summed E-state index contributed by atoms with van der Waals surface area (Å²) in [4.78, 5) is 0. The minimum absolute atomic E-state index is 0.178. The van der Waals surface area contributed by atoms with E-state index < -0.39 is 6.17 Å². The minimum Gasteiger partial charge on any atom is -0.330 e. The highest BCUT2D eigenvalue weighted by molar-refractivity contribution is 7.93. The van der Waals surface area contributed by atoms with Crippen LogP contribution in [0.3, 0.4) is 0 Å². The molecule has 0 heterocycles. The predicted molar refractivity (Wildman–Crippen MR) is 54.8 cm³/mol. The zero-order valence-electron chi connectivity index (χ0n) is 7.84. The van der Waals surface area contributed by atoms with Crippen molar-refractivity contribution in [3.8, 4) is 0 Å². The normalized spacial score (nSPS) is 20.8. The molecule has 1 fully saturated rings. The van der Waals surface area contributed by atoms with E-state index in [9.17, 15) is 4.39 Å². The molecule has 1 atom stereocenters. The van der Waals surface area contributed by atoms with Crippen molar-refractivity contribution in [3.63, 3.8) is 0 Å². The van der Waals surface area contributed by atoms with Crippen molar-refractivity contribution in [2.75, 3.05) is 18.8 Å². The minimum atomic E-state index is -0.920. The lowest BCUT2D eigenvalue weighted by Crippen LogP contribution is -2.29. The van der Waals surface area contributed by atoms with Gasteiger partial charge in [-0.05, 0) is 37.3 Å². The van der Waals surface area contributed by atoms with Crippen LogP contribution in [0.2, 0.25) is 0 Å². The van der Waals surface area contributed by atoms with Crippen LogP contribution in [-0.4, -0.2) is 29.6 Å². The molecule has 0 aromatic heterocycles. The van der Waals surface area contributed by atoms with E-state index in [2.05, 4.69) is 5.32 Å². The Morgan fingerprint density at radius 1 is 1.46 bits per heavy atom. The van der Waals surface area contributed by atoms with E-state index in [0.29, 0.717) is 18.6 Å². The summed E-state index contributed by atoms with van der Waals surface area (Å²) in [6, 6.07) is 0. The van der Waals surface area contributed by atoms with E-state index in [-0.39, 0.29) is 5.75 Å². The molecule has 0 saturated heterocycles. The summed E-state index contributed by atoms with van der Waals surface area (Å²) in [5.74, 6) is 0.937. The van der Waals surface area contributed by atoms with Crippen molar-refractivity contribution in [2.45, 2.75) is 31.9 Å². The molecule has 1 aliphatic carbocycles. The molecule has 0 radical (unpaired) electrons. The van der Waals surface area contributed by atoms with Crippen molar-refractivity contribution >= 4 is 12.0 Å². The molecule has 4 heteroatoms. The molecule has 1 saturated carbocycles. The molecule has 2 nitrogen and oxygen atoms in total. The molecule has 0 spiro atoms. The molecule has 78 valence electrons. The van der Waals surface area contributed by atoms with Crippen molar-refractivity contribution in [1.82, 2.24) is 5.32 Å². The maximum absolute atomic E-state index is 12.8. The molecule has 0 amide bonds. The second kappa shape index (κ2) is 6.62. The molecule has 1 aliphatic rings. The molecular formula is C9H18FNOS. The largest absolute Gasteiger partial charge is 0.330 e. The van der Waals surface area contributed by atoms with E-state index in [4.69, 9.17) is 4.55 Å². The lowest BCUT2D eigenvalue weighted by atomic mass is 10.1. The summed E-state index contributed by atoms with van der Waals surface area (Å²) in [7, 11) is 0. The fourth-order valence-electron chi connectivity index (χ4n) is 1.80. The Bertz CT molecular complexity index is 131. The quantitative estimate of drug-likeness (QED) is 0.656. The van der Waals surface area contributed by atoms with E-state index in [1.54, 1.807) is 0 Å². The molecule has 13 heavy (non-hydrogen) atoms. The number of hydrogen-bond acceptors (Lipinski definition) is 3. The van der Waals surface area contributed by atoms with E-state index in [0.717, 1.165) is 12.5 Å². The average Bonchev–Trinajstić information content (AvgIpc) is 2.57. The first-order valence-corrected chi connectivity index (χ1v) is 5.88. The average molecular weight is 207 g/mol. The van der Waals surface area contributed by atoms with Gasteiger partial charge in [-0.2, -0.15) is 0 Å². The van der Waals surface area contributed by atoms with Gasteiger partial charge in [-0.3, -0.25) is 0 Å². The summed E-state index contributed by atoms with van der Waals surface area (Å²) in [5.41, 5.74) is 0. The molecule has 0 aliphatic heterocycles. The highest BCUT2D eigenvalue weighted by atomic mass is 32.2. The standard InChI is InChI=1S/C9H18FNOS/c10-9(7-13-12)6-11-5-8-3-1-2-4-8/h8-9,11-12H,1-7H2. The lowest BCUT2D eigenvalue weighted by molar-refractivity contribution is 0.337. The van der Waals surface area contributed by atoms with Gasteiger partial charge in [0, 0.05) is 6.54 Å². The van der Waals surface area contributed by atoms with Crippen LogP contribution >= 0.6 is 12.0 Å². The van der Waals surface area contributed by atoms with Gasteiger partial charge in [0.2, 0.25) is 0 Å². The van der Waals surface area contributed by atoms with Gasteiger partial charge in [0.15, 0.2) is 0 Å². The molecule has 0 bridgehead atoms. The fourth-order valence-corrected chi connectivity index (χ4v) is 2.08. The zero-order chi connectivity index (χ0) is 9.52. The van der Waals surface area contributed by atoms with Gasteiger partial charge < -0.3 is 9.87 Å². The van der Waals surface area contributed by atoms with E-state index >= 15 is 0 Å². The van der Waals surface area contributed by atoms with Crippen LogP contribution in [0.25, 0.3) is 0 Å². The van der Waals surface area contributed by atoms with Gasteiger partial charge in [0.05, 0.1) is 5.75 Å². The van der Waals surface area contributed by atoms with Gasteiger partial charge in [0.1, 0.15) is 6.17 Å². The molecular weight excluding hydrogens is 189 g/mol. The molecule has 1 unspecified atom stereocenters. The number of halogens is 1. The monoisotopic (exact) mass is 207 g/mol. The Hall–Kier alpha value is 0.200. The SMILES string of the molecule is OSCC(F)CNCC1CCCC1. The summed E-state index contributed by atoms with van der Waals surface area (Å²) in [5, 5.41) is 3.11. The Kier molecular flexibility index (Phi) is 5.75. The van der Waals surface area contributed by atoms with Crippen molar-refractivity contribution in [1.29, 1.82) is 0 Å². The second-order valence-electron chi connectivity index (χ2n) is 3.70. The van der Waals surface area contributed by atoms with Crippen LogP contribution in [0.4, 0.5) is 4.39 Å². The number of nitrogens with one attached hydrogen (secondary N) is 1. The van der Waals surface area contributed by atoms with Crippen LogP contribution in [0, 0.1) is 5.92 Å². The Morgan fingerprint density at radius 3 is 2.77 bits per heavy atom. The summed E-state index contributed by atoms with van der Waals surface area (Å²) in [6.45, 7) is 1.32. The number of rotatable bonds is 6. The maximum Gasteiger partial charge on any atom is 0.124 e. The van der Waals surface area contributed by atoms with Crippen LogP contribution in [0.5, 0.6) is 0 Å². The zero-order valence-corrected chi connectivity index (χ0v) is 8.65. The van der Waals surface area contributed by atoms with Gasteiger partial charge in [-0.25, -0.2) is 4.39 Å². The first kappa shape index (κ1) is 11.3. The summed E-state index contributed by atoms with van der Waals surface area (Å²) >= 11 is 0.577. The second-order valence-corrected chi connectivity index (χ2v) is 4.29. The number of alkyl halides is 1. The highest BCUT2D eigenvalue weighted by Crippen LogP contribution is 2.23. The third-order valence-electron chi connectivity index (χ3n) is 2.53. The van der Waals surface area contributed by atoms with Crippen LogP contribution < -0.4 is 5.32 Å². The third kappa shape index (κ3) is 4.84. The predicted octanol–water partition coefficient (Wildman–Crippen LogP) is 2.31. The topological polar surface area (TPSA) is 32.3 Å². The summed E-state index contributed by atoms with van der Waals surface area (Å²) in [6.07, 6.45) is 4.32. The van der Waals surface area contributed by atoms with Crippen LogP contribution in [-0.2, 0) is 0 Å². The van der Waals surface area contributed by atoms with Gasteiger partial charge in [-0.15, -0.1) is 0 Å². The smallest absolute Gasteiger partial charge is 0.124 e. The maximum atomic E-state index is 12.8. The number of hydrogen-bond donors (Lipinski definition) is 2. The van der Waals surface area contributed by atoms with Crippen molar-refractivity contribution in [2.24, 2.45) is 5.92 Å². The molecule has 1 rings (SSSR count). The van der Waals surface area contributed by atoms with Crippen LogP contribution in [0.1, 0.15) is 25.7 Å². The van der Waals surface area contributed by atoms with Gasteiger partial charge in [-0.1, -0.05) is 12.8 Å². The van der Waals surface area contributed by atoms with Crippen LogP contribution in [0.15, 0.2) is 0 Å². The third-order valence-corrected chi connectivity index (χ3v) is 3.04. The van der Waals surface area contributed by atoms with Gasteiger partial charge in [0.25, 0.3) is 0 Å². The summed E-state index contributed by atoms with van der Waals surface area (Å²) < 4.78 is 21.2. The Morgan fingerprint density at radius 2 is 2.15 bits per heavy atom. The Balaban J connectivity index is 1.93.